The molecular weight excluding hydrogens is 368 g/mol. The van der Waals surface area contributed by atoms with E-state index in [0.717, 1.165) is 49.4 Å². The van der Waals surface area contributed by atoms with Gasteiger partial charge in [0, 0.05) is 43.5 Å². The van der Waals surface area contributed by atoms with E-state index in [4.69, 9.17) is 14.5 Å². The van der Waals surface area contributed by atoms with Crippen LogP contribution in [0.4, 0.5) is 0 Å². The topological polar surface area (TPSA) is 67.8 Å². The third-order valence-corrected chi connectivity index (χ3v) is 5.68. The molecule has 0 radical (unpaired) electrons. The average Bonchev–Trinajstić information content (AvgIpc) is 3.22. The minimum absolute atomic E-state index is 0.0222. The number of aryl methyl sites for hydroxylation is 1. The van der Waals surface area contributed by atoms with Crippen LogP contribution in [0.1, 0.15) is 41.5 Å². The summed E-state index contributed by atoms with van der Waals surface area (Å²) in [6.07, 6.45) is 4.70. The number of aromatic nitrogens is 2. The molecule has 29 heavy (non-hydrogen) atoms. The van der Waals surface area contributed by atoms with E-state index in [0.29, 0.717) is 18.0 Å². The van der Waals surface area contributed by atoms with Crippen molar-refractivity contribution in [3.05, 3.63) is 47.0 Å². The first kappa shape index (κ1) is 19.6. The number of hydrogen-bond acceptors (Lipinski definition) is 6. The van der Waals surface area contributed by atoms with Gasteiger partial charge in [0.05, 0.1) is 13.2 Å². The monoisotopic (exact) mass is 396 g/mol. The molecule has 0 N–H and O–H groups in total. The van der Waals surface area contributed by atoms with Gasteiger partial charge in [-0.05, 0) is 44.5 Å². The fourth-order valence-corrected chi connectivity index (χ4v) is 4.08. The third kappa shape index (κ3) is 4.19. The third-order valence-electron chi connectivity index (χ3n) is 5.68. The van der Waals surface area contributed by atoms with Crippen LogP contribution in [0.5, 0.6) is 11.5 Å². The fraction of sp³-hybridized carbons (Fsp3) is 0.500. The van der Waals surface area contributed by atoms with Crippen LogP contribution in [0.25, 0.3) is 0 Å². The van der Waals surface area contributed by atoms with Gasteiger partial charge in [0.15, 0.2) is 23.9 Å². The molecule has 1 aromatic heterocycles. The van der Waals surface area contributed by atoms with Crippen LogP contribution in [0, 0.1) is 6.92 Å². The Morgan fingerprint density at radius 3 is 2.97 bits per heavy atom. The summed E-state index contributed by atoms with van der Waals surface area (Å²) in [4.78, 5) is 26.5. The van der Waals surface area contributed by atoms with E-state index in [-0.39, 0.29) is 18.6 Å². The maximum Gasteiger partial charge on any atom is 0.261 e. The quantitative estimate of drug-likeness (QED) is 0.774. The standard InChI is InChI=1S/C22H28N4O3/c1-15-6-7-19(20(11-15)28-3)29-14-21(27)26-9-4-5-18(26)22-23-12-16-13-25(2)10-8-17(16)24-22/h6-7,11-12,18H,4-5,8-10,13-14H2,1-3H3. The number of rotatable bonds is 5. The molecule has 2 aromatic rings. The highest BCUT2D eigenvalue weighted by Crippen LogP contribution is 2.32. The smallest absolute Gasteiger partial charge is 0.261 e. The molecule has 1 fully saturated rings. The van der Waals surface area contributed by atoms with Crippen molar-refractivity contribution in [1.82, 2.24) is 19.8 Å². The zero-order valence-corrected chi connectivity index (χ0v) is 17.4. The Bertz CT molecular complexity index is 902. The highest BCUT2D eigenvalue weighted by Gasteiger charge is 2.33. The lowest BCUT2D eigenvalue weighted by atomic mass is 10.1. The van der Waals surface area contributed by atoms with Crippen molar-refractivity contribution >= 4 is 5.91 Å². The van der Waals surface area contributed by atoms with Crippen LogP contribution in [-0.2, 0) is 17.8 Å². The number of hydrogen-bond donors (Lipinski definition) is 0. The maximum atomic E-state index is 12.9. The van der Waals surface area contributed by atoms with Crippen molar-refractivity contribution in [2.75, 3.05) is 33.9 Å². The number of nitrogens with zero attached hydrogens (tertiary/aromatic N) is 4. The van der Waals surface area contributed by atoms with E-state index in [1.807, 2.05) is 36.2 Å². The molecule has 0 spiro atoms. The van der Waals surface area contributed by atoms with Gasteiger partial charge in [-0.1, -0.05) is 6.07 Å². The number of carbonyl (C=O) groups excluding carboxylic acids is 1. The summed E-state index contributed by atoms with van der Waals surface area (Å²) in [5.41, 5.74) is 3.39. The highest BCUT2D eigenvalue weighted by molar-refractivity contribution is 5.78. The lowest BCUT2D eigenvalue weighted by Gasteiger charge is -2.27. The Balaban J connectivity index is 1.45. The SMILES string of the molecule is COc1cc(C)ccc1OCC(=O)N1CCCC1c1ncc2c(n1)CCN(C)C2. The van der Waals surface area contributed by atoms with Crippen molar-refractivity contribution in [3.8, 4) is 11.5 Å². The van der Waals surface area contributed by atoms with Gasteiger partial charge in [-0.25, -0.2) is 9.97 Å². The lowest BCUT2D eigenvalue weighted by Crippen LogP contribution is -2.35. The van der Waals surface area contributed by atoms with Crippen molar-refractivity contribution in [1.29, 1.82) is 0 Å². The summed E-state index contributed by atoms with van der Waals surface area (Å²) in [6, 6.07) is 5.61. The van der Waals surface area contributed by atoms with E-state index >= 15 is 0 Å². The van der Waals surface area contributed by atoms with E-state index in [9.17, 15) is 4.79 Å². The van der Waals surface area contributed by atoms with Gasteiger partial charge in [0.25, 0.3) is 5.91 Å². The number of likely N-dealkylation sites (tertiary alicyclic amines) is 1. The Hall–Kier alpha value is -2.67. The first-order valence-corrected chi connectivity index (χ1v) is 10.2. The zero-order valence-electron chi connectivity index (χ0n) is 17.4. The van der Waals surface area contributed by atoms with E-state index in [1.54, 1.807) is 7.11 Å². The largest absolute Gasteiger partial charge is 0.493 e. The average molecular weight is 396 g/mol. The van der Waals surface area contributed by atoms with Crippen LogP contribution < -0.4 is 9.47 Å². The summed E-state index contributed by atoms with van der Waals surface area (Å²) >= 11 is 0. The van der Waals surface area contributed by atoms with Crippen LogP contribution in [0.15, 0.2) is 24.4 Å². The molecule has 3 heterocycles. The summed E-state index contributed by atoms with van der Waals surface area (Å²) < 4.78 is 11.1. The first-order valence-electron chi connectivity index (χ1n) is 10.2. The number of carbonyl (C=O) groups is 1. The number of methoxy groups -OCH3 is 1. The molecule has 7 nitrogen and oxygen atoms in total. The van der Waals surface area contributed by atoms with Gasteiger partial charge >= 0.3 is 0 Å². The molecule has 1 atom stereocenters. The minimum Gasteiger partial charge on any atom is -0.493 e. The van der Waals surface area contributed by atoms with Gasteiger partial charge in [0.2, 0.25) is 0 Å². The summed E-state index contributed by atoms with van der Waals surface area (Å²) in [5.74, 6) is 1.93. The van der Waals surface area contributed by atoms with Crippen molar-refractivity contribution in [2.45, 2.75) is 38.8 Å². The second-order valence-electron chi connectivity index (χ2n) is 7.88. The molecule has 0 bridgehead atoms. The van der Waals surface area contributed by atoms with Crippen molar-refractivity contribution in [2.24, 2.45) is 0 Å². The molecule has 1 amide bonds. The molecule has 1 aromatic carbocycles. The normalized spacial score (nSPS) is 19.1. The molecule has 1 saturated heterocycles. The number of likely N-dealkylation sites (N-methyl/N-ethyl adjacent to an activating group) is 1. The molecule has 0 saturated carbocycles. The predicted molar refractivity (Wildman–Crippen MR) is 109 cm³/mol. The van der Waals surface area contributed by atoms with Gasteiger partial charge in [-0.15, -0.1) is 0 Å². The van der Waals surface area contributed by atoms with Gasteiger partial charge < -0.3 is 19.3 Å². The van der Waals surface area contributed by atoms with Crippen LogP contribution >= 0.6 is 0 Å². The lowest BCUT2D eigenvalue weighted by molar-refractivity contribution is -0.134. The number of amides is 1. The van der Waals surface area contributed by atoms with E-state index in [2.05, 4.69) is 16.9 Å². The zero-order chi connectivity index (χ0) is 20.4. The summed E-state index contributed by atoms with van der Waals surface area (Å²) in [6.45, 7) is 4.56. The molecule has 0 aliphatic carbocycles. The number of benzene rings is 1. The minimum atomic E-state index is -0.0732. The van der Waals surface area contributed by atoms with Crippen molar-refractivity contribution < 1.29 is 14.3 Å². The Morgan fingerprint density at radius 2 is 2.14 bits per heavy atom. The molecule has 7 heteroatoms. The van der Waals surface area contributed by atoms with Gasteiger partial charge in [-0.2, -0.15) is 0 Å². The molecule has 1 unspecified atom stereocenters. The molecule has 4 rings (SSSR count). The molecule has 2 aliphatic rings. The number of ether oxygens (including phenoxy) is 2. The van der Waals surface area contributed by atoms with Gasteiger partial charge in [0.1, 0.15) is 0 Å². The molecule has 2 aliphatic heterocycles. The van der Waals surface area contributed by atoms with E-state index in [1.165, 1.54) is 5.56 Å². The highest BCUT2D eigenvalue weighted by atomic mass is 16.5. The summed E-state index contributed by atoms with van der Waals surface area (Å²) in [5, 5.41) is 0. The van der Waals surface area contributed by atoms with Crippen LogP contribution in [-0.4, -0.2) is 59.5 Å². The Morgan fingerprint density at radius 1 is 1.28 bits per heavy atom. The Labute approximate surface area is 171 Å². The first-order chi connectivity index (χ1) is 14.0. The number of fused-ring (bicyclic) bond motifs is 1. The molecule has 154 valence electrons. The van der Waals surface area contributed by atoms with Gasteiger partial charge in [-0.3, -0.25) is 4.79 Å². The van der Waals surface area contributed by atoms with Crippen molar-refractivity contribution in [3.63, 3.8) is 0 Å². The van der Waals surface area contributed by atoms with Crippen LogP contribution in [0.2, 0.25) is 0 Å². The Kier molecular flexibility index (Phi) is 5.67. The maximum absolute atomic E-state index is 12.9. The summed E-state index contributed by atoms with van der Waals surface area (Å²) in [7, 11) is 3.71. The second kappa shape index (κ2) is 8.37. The predicted octanol–water partition coefficient (Wildman–Crippen LogP) is 2.52. The second-order valence-corrected chi connectivity index (χ2v) is 7.88. The van der Waals surface area contributed by atoms with Crippen LogP contribution in [0.3, 0.4) is 0 Å². The fourth-order valence-electron chi connectivity index (χ4n) is 4.08. The van der Waals surface area contributed by atoms with E-state index < -0.39 is 0 Å². The molecular formula is C22H28N4O3.